The molecule has 1 fully saturated rings. The molecule has 5 rings (SSSR count). The van der Waals surface area contributed by atoms with Gasteiger partial charge in [0.25, 0.3) is 5.91 Å². The van der Waals surface area contributed by atoms with Crippen LogP contribution in [-0.2, 0) is 11.3 Å². The van der Waals surface area contributed by atoms with Crippen molar-refractivity contribution in [2.75, 3.05) is 36.4 Å². The Morgan fingerprint density at radius 2 is 1.78 bits per heavy atom. The normalized spacial score (nSPS) is 13.6. The number of pyridine rings is 1. The number of thiazole rings is 1. The molecule has 0 unspecified atom stereocenters. The van der Waals surface area contributed by atoms with Crippen LogP contribution in [0.2, 0.25) is 0 Å². The van der Waals surface area contributed by atoms with E-state index in [1.807, 2.05) is 66.6 Å². The number of hydrogen-bond donors (Lipinski definition) is 1. The molecule has 0 bridgehead atoms. The molecule has 36 heavy (non-hydrogen) atoms. The molecule has 9 nitrogen and oxygen atoms in total. The van der Waals surface area contributed by atoms with Gasteiger partial charge in [0.1, 0.15) is 6.54 Å². The number of para-hydroxylation sites is 1. The molecule has 0 atom stereocenters. The summed E-state index contributed by atoms with van der Waals surface area (Å²) in [6, 6.07) is 13.3. The molecule has 0 saturated carbocycles. The summed E-state index contributed by atoms with van der Waals surface area (Å²) in [7, 11) is 0. The van der Waals surface area contributed by atoms with Crippen LogP contribution in [0.15, 0.2) is 60.2 Å². The second-order valence-electron chi connectivity index (χ2n) is 8.70. The summed E-state index contributed by atoms with van der Waals surface area (Å²) in [5.41, 5.74) is 5.07. The number of nitrogens with zero attached hydrogens (tertiary/aromatic N) is 6. The van der Waals surface area contributed by atoms with Crippen LogP contribution in [0.4, 0.5) is 10.8 Å². The van der Waals surface area contributed by atoms with E-state index in [0.29, 0.717) is 36.9 Å². The fourth-order valence-electron chi connectivity index (χ4n) is 4.35. The van der Waals surface area contributed by atoms with E-state index in [0.717, 1.165) is 28.3 Å². The van der Waals surface area contributed by atoms with Crippen molar-refractivity contribution >= 4 is 34.0 Å². The van der Waals surface area contributed by atoms with Gasteiger partial charge in [-0.15, -0.1) is 11.3 Å². The van der Waals surface area contributed by atoms with Gasteiger partial charge in [-0.05, 0) is 44.2 Å². The van der Waals surface area contributed by atoms with Gasteiger partial charge in [-0.1, -0.05) is 12.1 Å². The Morgan fingerprint density at radius 3 is 2.50 bits per heavy atom. The summed E-state index contributed by atoms with van der Waals surface area (Å²) >= 11 is 1.39. The Balaban J connectivity index is 1.23. The van der Waals surface area contributed by atoms with Gasteiger partial charge >= 0.3 is 0 Å². The molecule has 184 valence electrons. The molecule has 1 aliphatic heterocycles. The third-order valence-electron chi connectivity index (χ3n) is 6.21. The highest BCUT2D eigenvalue weighted by Gasteiger charge is 2.25. The number of aryl methyl sites for hydroxylation is 2. The number of carbonyl (C=O) groups is 2. The fourth-order valence-corrected chi connectivity index (χ4v) is 5.07. The predicted molar refractivity (Wildman–Crippen MR) is 140 cm³/mol. The van der Waals surface area contributed by atoms with Gasteiger partial charge in [-0.25, -0.2) is 4.98 Å². The molecule has 1 N–H and O–H groups in total. The molecule has 1 saturated heterocycles. The molecular formula is C26H27N7O2S. The highest BCUT2D eigenvalue weighted by atomic mass is 32.1. The lowest BCUT2D eigenvalue weighted by atomic mass is 10.1. The Hall–Kier alpha value is -4.05. The number of benzene rings is 1. The molecule has 3 aromatic heterocycles. The summed E-state index contributed by atoms with van der Waals surface area (Å²) in [6.45, 7) is 6.61. The molecule has 4 aromatic rings. The third kappa shape index (κ3) is 5.13. The minimum Gasteiger partial charge on any atom is -0.367 e. The van der Waals surface area contributed by atoms with Crippen molar-refractivity contribution in [3.8, 4) is 11.3 Å². The van der Waals surface area contributed by atoms with Crippen molar-refractivity contribution in [3.05, 3.63) is 77.2 Å². The van der Waals surface area contributed by atoms with Crippen molar-refractivity contribution in [2.45, 2.75) is 20.4 Å². The zero-order valence-corrected chi connectivity index (χ0v) is 21.0. The SMILES string of the molecule is Cc1cc(C)n(CC(=O)N2CCN(c3ccccc3C(=O)Nc3nc(-c4ccncc4)cs3)CC2)n1. The zero-order valence-electron chi connectivity index (χ0n) is 20.2. The third-order valence-corrected chi connectivity index (χ3v) is 6.97. The quantitative estimate of drug-likeness (QED) is 0.434. The second kappa shape index (κ2) is 10.3. The molecule has 1 aromatic carbocycles. The predicted octanol–water partition coefficient (Wildman–Crippen LogP) is 3.62. The van der Waals surface area contributed by atoms with Crippen molar-refractivity contribution in [1.29, 1.82) is 0 Å². The Labute approximate surface area is 213 Å². The van der Waals surface area contributed by atoms with Gasteiger partial charge in [0.2, 0.25) is 5.91 Å². The van der Waals surface area contributed by atoms with Crippen LogP contribution >= 0.6 is 11.3 Å². The highest BCUT2D eigenvalue weighted by molar-refractivity contribution is 7.14. The number of piperazine rings is 1. The van der Waals surface area contributed by atoms with Crippen LogP contribution < -0.4 is 10.2 Å². The number of amides is 2. The lowest BCUT2D eigenvalue weighted by Gasteiger charge is -2.36. The number of rotatable bonds is 6. The van der Waals surface area contributed by atoms with E-state index in [4.69, 9.17) is 0 Å². The number of aromatic nitrogens is 4. The van der Waals surface area contributed by atoms with E-state index in [2.05, 4.69) is 25.3 Å². The summed E-state index contributed by atoms with van der Waals surface area (Å²) in [6.07, 6.45) is 3.44. The maximum absolute atomic E-state index is 13.2. The molecular weight excluding hydrogens is 474 g/mol. The summed E-state index contributed by atoms with van der Waals surface area (Å²) in [5, 5.41) is 9.80. The lowest BCUT2D eigenvalue weighted by Crippen LogP contribution is -2.50. The first-order chi connectivity index (χ1) is 17.5. The zero-order chi connectivity index (χ0) is 25.1. The van der Waals surface area contributed by atoms with E-state index in [-0.39, 0.29) is 18.4 Å². The topological polar surface area (TPSA) is 96.2 Å². The average Bonchev–Trinajstić information content (AvgIpc) is 3.49. The van der Waals surface area contributed by atoms with Gasteiger partial charge in [-0.3, -0.25) is 24.6 Å². The summed E-state index contributed by atoms with van der Waals surface area (Å²) in [4.78, 5) is 38.6. The van der Waals surface area contributed by atoms with Crippen LogP contribution in [0.5, 0.6) is 0 Å². The minimum absolute atomic E-state index is 0.0562. The van der Waals surface area contributed by atoms with Gasteiger partial charge in [-0.2, -0.15) is 5.10 Å². The minimum atomic E-state index is -0.204. The van der Waals surface area contributed by atoms with Gasteiger partial charge in [0.15, 0.2) is 5.13 Å². The van der Waals surface area contributed by atoms with E-state index in [1.54, 1.807) is 17.1 Å². The van der Waals surface area contributed by atoms with Crippen LogP contribution in [0.25, 0.3) is 11.3 Å². The molecule has 0 aliphatic carbocycles. The standard InChI is InChI=1S/C26H27N7O2S/c1-18-15-19(2)33(30-18)16-24(34)32-13-11-31(12-14-32)23-6-4-3-5-21(23)25(35)29-26-28-22(17-36-26)20-7-9-27-10-8-20/h3-10,15,17H,11-14,16H2,1-2H3,(H,28,29,35). The van der Waals surface area contributed by atoms with E-state index < -0.39 is 0 Å². The maximum Gasteiger partial charge on any atom is 0.259 e. The second-order valence-corrected chi connectivity index (χ2v) is 9.56. The molecule has 4 heterocycles. The molecule has 0 spiro atoms. The Morgan fingerprint density at radius 1 is 1.03 bits per heavy atom. The number of carbonyl (C=O) groups excluding carboxylic acids is 2. The summed E-state index contributed by atoms with van der Waals surface area (Å²) in [5.74, 6) is -0.148. The van der Waals surface area contributed by atoms with E-state index in [9.17, 15) is 9.59 Å². The van der Waals surface area contributed by atoms with Crippen molar-refractivity contribution < 1.29 is 9.59 Å². The van der Waals surface area contributed by atoms with E-state index >= 15 is 0 Å². The molecule has 10 heteroatoms. The van der Waals surface area contributed by atoms with Crippen LogP contribution in [-0.4, -0.2) is 62.6 Å². The van der Waals surface area contributed by atoms with Crippen LogP contribution in [0, 0.1) is 13.8 Å². The van der Waals surface area contributed by atoms with Gasteiger partial charge in [0, 0.05) is 60.9 Å². The Bertz CT molecular complexity index is 1370. The van der Waals surface area contributed by atoms with Crippen LogP contribution in [0.3, 0.4) is 0 Å². The first kappa shape index (κ1) is 23.7. The highest BCUT2D eigenvalue weighted by Crippen LogP contribution is 2.27. The van der Waals surface area contributed by atoms with Crippen molar-refractivity contribution in [3.63, 3.8) is 0 Å². The smallest absolute Gasteiger partial charge is 0.259 e. The van der Waals surface area contributed by atoms with E-state index in [1.165, 1.54) is 11.3 Å². The molecule has 1 aliphatic rings. The number of nitrogens with one attached hydrogen (secondary N) is 1. The lowest BCUT2D eigenvalue weighted by molar-refractivity contribution is -0.132. The van der Waals surface area contributed by atoms with Gasteiger partial charge < -0.3 is 9.80 Å². The first-order valence-corrected chi connectivity index (χ1v) is 12.7. The van der Waals surface area contributed by atoms with Crippen LogP contribution in [0.1, 0.15) is 21.7 Å². The number of anilines is 2. The van der Waals surface area contributed by atoms with Crippen molar-refractivity contribution in [1.82, 2.24) is 24.6 Å². The summed E-state index contributed by atoms with van der Waals surface area (Å²) < 4.78 is 1.75. The first-order valence-electron chi connectivity index (χ1n) is 11.8. The molecule has 0 radical (unpaired) electrons. The number of hydrogen-bond acceptors (Lipinski definition) is 7. The van der Waals surface area contributed by atoms with Crippen molar-refractivity contribution in [2.24, 2.45) is 0 Å². The Kier molecular flexibility index (Phi) is 6.77. The monoisotopic (exact) mass is 501 g/mol. The average molecular weight is 502 g/mol. The molecule has 2 amide bonds. The maximum atomic E-state index is 13.2. The largest absolute Gasteiger partial charge is 0.367 e. The fraction of sp³-hybridized carbons (Fsp3) is 0.269. The van der Waals surface area contributed by atoms with Gasteiger partial charge in [0.05, 0.1) is 17.0 Å².